The normalized spacial score (nSPS) is 13.1. The second-order valence-electron chi connectivity index (χ2n) is 7.76. The fraction of sp³-hybridized carbons (Fsp3) is 0.200. The molecule has 162 valence electrons. The van der Waals surface area contributed by atoms with E-state index in [1.807, 2.05) is 61.5 Å². The summed E-state index contributed by atoms with van der Waals surface area (Å²) in [6, 6.07) is 21.4. The molecule has 0 saturated carbocycles. The van der Waals surface area contributed by atoms with Gasteiger partial charge >= 0.3 is 5.97 Å². The zero-order valence-electron chi connectivity index (χ0n) is 17.7. The molecule has 1 N–H and O–H groups in total. The Kier molecular flexibility index (Phi) is 5.41. The van der Waals surface area contributed by atoms with E-state index >= 15 is 0 Å². The maximum atomic E-state index is 11.3. The molecule has 0 radical (unpaired) electrons. The Labute approximate surface area is 190 Å². The lowest BCUT2D eigenvalue weighted by molar-refractivity contribution is 0.0702. The molecule has 3 heterocycles. The Hall–Kier alpha value is -3.58. The van der Waals surface area contributed by atoms with Crippen LogP contribution in [0.5, 0.6) is 11.5 Å². The van der Waals surface area contributed by atoms with Gasteiger partial charge in [-0.1, -0.05) is 36.4 Å². The molecule has 1 aliphatic rings. The highest BCUT2D eigenvalue weighted by Gasteiger charge is 2.27. The van der Waals surface area contributed by atoms with Gasteiger partial charge in [-0.25, -0.2) is 9.48 Å². The molecule has 5 rings (SSSR count). The summed E-state index contributed by atoms with van der Waals surface area (Å²) in [5.74, 6) is 1.75. The van der Waals surface area contributed by atoms with E-state index < -0.39 is 5.97 Å². The van der Waals surface area contributed by atoms with Crippen LogP contribution in [0.15, 0.2) is 66.7 Å². The highest BCUT2D eigenvalue weighted by molar-refractivity contribution is 7.13. The third kappa shape index (κ3) is 3.87. The standard InChI is InChI=1S/C25H23N3O3S/c1-17-23(20-10-5-6-11-21(20)31-18-8-3-2-4-9-18)24-27(14-7-15-28(24)26-17)16-19-12-13-22(32-19)25(29)30/h2-6,8-13H,7,14-16H2,1H3,(H,29,30). The molecule has 0 bridgehead atoms. The molecule has 0 spiro atoms. The van der Waals surface area contributed by atoms with Gasteiger partial charge in [0.1, 0.15) is 22.2 Å². The average molecular weight is 446 g/mol. The minimum atomic E-state index is -0.881. The number of hydrogen-bond acceptors (Lipinski definition) is 5. The number of anilines is 1. The van der Waals surface area contributed by atoms with Gasteiger partial charge in [-0.2, -0.15) is 5.10 Å². The number of para-hydroxylation sites is 2. The molecule has 2 aromatic heterocycles. The Morgan fingerprint density at radius 2 is 1.84 bits per heavy atom. The Balaban J connectivity index is 1.54. The van der Waals surface area contributed by atoms with Crippen LogP contribution < -0.4 is 9.64 Å². The molecule has 0 aliphatic carbocycles. The van der Waals surface area contributed by atoms with E-state index in [0.29, 0.717) is 11.4 Å². The maximum absolute atomic E-state index is 11.3. The van der Waals surface area contributed by atoms with Crippen molar-refractivity contribution in [1.82, 2.24) is 9.78 Å². The first kappa shape index (κ1) is 20.3. The van der Waals surface area contributed by atoms with Gasteiger partial charge in [0.25, 0.3) is 0 Å². The molecule has 32 heavy (non-hydrogen) atoms. The number of ether oxygens (including phenoxy) is 1. The summed E-state index contributed by atoms with van der Waals surface area (Å²) in [4.78, 5) is 15.0. The van der Waals surface area contributed by atoms with Crippen molar-refractivity contribution in [1.29, 1.82) is 0 Å². The Morgan fingerprint density at radius 3 is 2.62 bits per heavy atom. The molecule has 1 aliphatic heterocycles. The second kappa shape index (κ2) is 8.51. The molecule has 0 unspecified atom stereocenters. The smallest absolute Gasteiger partial charge is 0.345 e. The first-order chi connectivity index (χ1) is 15.6. The predicted molar refractivity (Wildman–Crippen MR) is 126 cm³/mol. The number of carboxylic acid groups (broad SMARTS) is 1. The highest BCUT2D eigenvalue weighted by Crippen LogP contribution is 2.42. The van der Waals surface area contributed by atoms with Crippen LogP contribution in [-0.2, 0) is 13.1 Å². The van der Waals surface area contributed by atoms with E-state index in [-0.39, 0.29) is 0 Å². The van der Waals surface area contributed by atoms with Crippen LogP contribution in [-0.4, -0.2) is 27.4 Å². The fourth-order valence-electron chi connectivity index (χ4n) is 4.18. The van der Waals surface area contributed by atoms with Crippen LogP contribution in [0, 0.1) is 6.92 Å². The predicted octanol–water partition coefficient (Wildman–Crippen LogP) is 5.82. The van der Waals surface area contributed by atoms with Gasteiger partial charge in [0.05, 0.1) is 17.8 Å². The van der Waals surface area contributed by atoms with Gasteiger partial charge in [0.15, 0.2) is 0 Å². The molecular weight excluding hydrogens is 422 g/mol. The molecule has 0 saturated heterocycles. The van der Waals surface area contributed by atoms with Crippen molar-refractivity contribution in [3.8, 4) is 22.6 Å². The maximum Gasteiger partial charge on any atom is 0.345 e. The van der Waals surface area contributed by atoms with Crippen molar-refractivity contribution < 1.29 is 14.6 Å². The number of rotatable bonds is 6. The van der Waals surface area contributed by atoms with Gasteiger partial charge in [0.2, 0.25) is 0 Å². The number of carboxylic acids is 1. The van der Waals surface area contributed by atoms with Crippen molar-refractivity contribution in [3.63, 3.8) is 0 Å². The molecule has 4 aromatic rings. The van der Waals surface area contributed by atoms with Gasteiger partial charge < -0.3 is 14.7 Å². The monoisotopic (exact) mass is 445 g/mol. The number of aromatic carboxylic acids is 1. The van der Waals surface area contributed by atoms with E-state index in [4.69, 9.17) is 9.84 Å². The van der Waals surface area contributed by atoms with Gasteiger partial charge in [0, 0.05) is 23.5 Å². The largest absolute Gasteiger partial charge is 0.477 e. The molecule has 7 heteroatoms. The highest BCUT2D eigenvalue weighted by atomic mass is 32.1. The molecular formula is C25H23N3O3S. The zero-order chi connectivity index (χ0) is 22.1. The number of benzene rings is 2. The van der Waals surface area contributed by atoms with Crippen LogP contribution in [0.3, 0.4) is 0 Å². The van der Waals surface area contributed by atoms with Crippen LogP contribution in [0.2, 0.25) is 0 Å². The lowest BCUT2D eigenvalue weighted by Crippen LogP contribution is -2.31. The number of aromatic nitrogens is 2. The third-order valence-electron chi connectivity index (χ3n) is 5.54. The third-order valence-corrected chi connectivity index (χ3v) is 6.60. The fourth-order valence-corrected chi connectivity index (χ4v) is 5.04. The summed E-state index contributed by atoms with van der Waals surface area (Å²) < 4.78 is 8.31. The van der Waals surface area contributed by atoms with E-state index in [1.165, 1.54) is 11.3 Å². The SMILES string of the molecule is Cc1nn2c(c1-c1ccccc1Oc1ccccc1)N(Cc1ccc(C(=O)O)s1)CCC2. The Morgan fingerprint density at radius 1 is 1.06 bits per heavy atom. The van der Waals surface area contributed by atoms with Gasteiger partial charge in [-0.3, -0.25) is 0 Å². The second-order valence-corrected chi connectivity index (χ2v) is 8.93. The summed E-state index contributed by atoms with van der Waals surface area (Å²) in [7, 11) is 0. The molecule has 0 fully saturated rings. The number of carbonyl (C=O) groups is 1. The lowest BCUT2D eigenvalue weighted by Gasteiger charge is -2.30. The molecule has 0 atom stereocenters. The number of thiophene rings is 1. The van der Waals surface area contributed by atoms with Crippen molar-refractivity contribution in [2.24, 2.45) is 0 Å². The van der Waals surface area contributed by atoms with Crippen molar-refractivity contribution in [2.45, 2.75) is 26.4 Å². The average Bonchev–Trinajstić information content (AvgIpc) is 3.39. The van der Waals surface area contributed by atoms with Crippen LogP contribution in [0.1, 0.15) is 26.7 Å². The van der Waals surface area contributed by atoms with E-state index in [9.17, 15) is 9.90 Å². The van der Waals surface area contributed by atoms with E-state index in [2.05, 4.69) is 15.6 Å². The van der Waals surface area contributed by atoms with Crippen LogP contribution >= 0.6 is 11.3 Å². The minimum Gasteiger partial charge on any atom is -0.477 e. The number of aryl methyl sites for hydroxylation is 2. The van der Waals surface area contributed by atoms with Gasteiger partial charge in [-0.15, -0.1) is 11.3 Å². The summed E-state index contributed by atoms with van der Waals surface area (Å²) >= 11 is 1.33. The first-order valence-corrected chi connectivity index (χ1v) is 11.4. The van der Waals surface area contributed by atoms with E-state index in [1.54, 1.807) is 6.07 Å². The summed E-state index contributed by atoms with van der Waals surface area (Å²) in [6.07, 6.45) is 0.993. The van der Waals surface area contributed by atoms with Crippen molar-refractivity contribution in [3.05, 3.63) is 82.2 Å². The Bertz CT molecular complexity index is 1260. The molecule has 6 nitrogen and oxygen atoms in total. The van der Waals surface area contributed by atoms with Gasteiger partial charge in [-0.05, 0) is 43.7 Å². The number of nitrogens with zero attached hydrogens (tertiary/aromatic N) is 3. The first-order valence-electron chi connectivity index (χ1n) is 10.6. The van der Waals surface area contributed by atoms with Crippen molar-refractivity contribution >= 4 is 23.1 Å². The van der Waals surface area contributed by atoms with Crippen LogP contribution in [0.4, 0.5) is 5.82 Å². The molecule has 2 aromatic carbocycles. The van der Waals surface area contributed by atoms with Crippen LogP contribution in [0.25, 0.3) is 11.1 Å². The quantitative estimate of drug-likeness (QED) is 0.405. The summed E-state index contributed by atoms with van der Waals surface area (Å²) in [6.45, 7) is 4.43. The summed E-state index contributed by atoms with van der Waals surface area (Å²) in [5.41, 5.74) is 3.01. The topological polar surface area (TPSA) is 67.6 Å². The van der Waals surface area contributed by atoms with E-state index in [0.717, 1.165) is 58.5 Å². The number of fused-ring (bicyclic) bond motifs is 1. The lowest BCUT2D eigenvalue weighted by atomic mass is 10.0. The van der Waals surface area contributed by atoms with Crippen molar-refractivity contribution in [2.75, 3.05) is 11.4 Å². The minimum absolute atomic E-state index is 0.364. The number of hydrogen-bond donors (Lipinski definition) is 1. The zero-order valence-corrected chi connectivity index (χ0v) is 18.5. The summed E-state index contributed by atoms with van der Waals surface area (Å²) in [5, 5.41) is 14.1. The molecule has 0 amide bonds.